The molecule has 1 aromatic carbocycles. The average Bonchev–Trinajstić information content (AvgIpc) is 2.22. The third-order valence-corrected chi connectivity index (χ3v) is 3.77. The van der Waals surface area contributed by atoms with E-state index >= 15 is 0 Å². The van der Waals surface area contributed by atoms with Crippen molar-refractivity contribution in [2.24, 2.45) is 0 Å². The molecule has 2 rings (SSSR count). The van der Waals surface area contributed by atoms with Crippen molar-refractivity contribution in [3.05, 3.63) is 28.8 Å². The van der Waals surface area contributed by atoms with Gasteiger partial charge < -0.3 is 9.47 Å². The van der Waals surface area contributed by atoms with Crippen LogP contribution in [0.4, 0.5) is 0 Å². The van der Waals surface area contributed by atoms with Crippen molar-refractivity contribution >= 4 is 12.6 Å². The van der Waals surface area contributed by atoms with Crippen LogP contribution in [0.25, 0.3) is 0 Å². The highest BCUT2D eigenvalue weighted by atomic mass is 32.1. The van der Waals surface area contributed by atoms with Crippen LogP contribution in [-0.2, 0) is 10.2 Å². The van der Waals surface area contributed by atoms with Crippen LogP contribution >= 0.6 is 12.6 Å². The maximum atomic E-state index is 5.58. The summed E-state index contributed by atoms with van der Waals surface area (Å²) in [5, 5.41) is 0. The number of benzene rings is 1. The van der Waals surface area contributed by atoms with Crippen molar-refractivity contribution in [3.63, 3.8) is 0 Å². The summed E-state index contributed by atoms with van der Waals surface area (Å²) in [6.07, 6.45) is 1.04. The minimum atomic E-state index is 0.115. The Morgan fingerprint density at radius 1 is 1.35 bits per heavy atom. The van der Waals surface area contributed by atoms with Crippen LogP contribution in [-0.4, -0.2) is 26.1 Å². The number of thiol groups is 1. The molecule has 1 fully saturated rings. The molecule has 0 spiro atoms. The molecule has 0 aliphatic carbocycles. The first-order chi connectivity index (χ1) is 8.13. The molecule has 3 heteroatoms. The molecule has 1 saturated heterocycles. The van der Waals surface area contributed by atoms with E-state index in [4.69, 9.17) is 9.47 Å². The normalized spacial score (nSPS) is 17.6. The molecular formula is C14H20O2S. The van der Waals surface area contributed by atoms with Gasteiger partial charge >= 0.3 is 0 Å². The van der Waals surface area contributed by atoms with E-state index in [2.05, 4.69) is 38.6 Å². The van der Waals surface area contributed by atoms with Crippen molar-refractivity contribution in [2.45, 2.75) is 25.7 Å². The maximum absolute atomic E-state index is 5.58. The molecule has 1 aliphatic heterocycles. The average molecular weight is 252 g/mol. The lowest BCUT2D eigenvalue weighted by Crippen LogP contribution is -2.47. The number of methoxy groups -OCH3 is 1. The molecule has 17 heavy (non-hydrogen) atoms. The van der Waals surface area contributed by atoms with E-state index in [0.717, 1.165) is 31.1 Å². The fraction of sp³-hybridized carbons (Fsp3) is 0.571. The minimum absolute atomic E-state index is 0.115. The molecule has 0 saturated carbocycles. The third-order valence-electron chi connectivity index (χ3n) is 3.54. The lowest BCUT2D eigenvalue weighted by molar-refractivity contribution is -0.0623. The number of aryl methyl sites for hydroxylation is 2. The zero-order valence-electron chi connectivity index (χ0n) is 10.7. The van der Waals surface area contributed by atoms with Gasteiger partial charge in [-0.05, 0) is 31.6 Å². The van der Waals surface area contributed by atoms with E-state index < -0.39 is 0 Å². The lowest BCUT2D eigenvalue weighted by atomic mass is 9.75. The van der Waals surface area contributed by atoms with Crippen LogP contribution in [0.2, 0.25) is 0 Å². The van der Waals surface area contributed by atoms with Gasteiger partial charge in [0, 0.05) is 11.0 Å². The van der Waals surface area contributed by atoms with Gasteiger partial charge in [-0.2, -0.15) is 12.6 Å². The first kappa shape index (κ1) is 12.8. The van der Waals surface area contributed by atoms with Gasteiger partial charge in [-0.15, -0.1) is 0 Å². The van der Waals surface area contributed by atoms with E-state index in [1.165, 1.54) is 16.7 Å². The summed E-state index contributed by atoms with van der Waals surface area (Å²) in [5.74, 6) is 1.89. The Labute approximate surface area is 109 Å². The highest BCUT2D eigenvalue weighted by Gasteiger charge is 2.42. The second-order valence-electron chi connectivity index (χ2n) is 4.91. The standard InChI is InChI=1S/C14H20O2S/c1-10-6-11(2)13(15-3)12(7-10)14(4-5-17)8-16-9-14/h6-7,17H,4-5,8-9H2,1-3H3. The molecule has 0 N–H and O–H groups in total. The topological polar surface area (TPSA) is 18.5 Å². The smallest absolute Gasteiger partial charge is 0.125 e. The summed E-state index contributed by atoms with van der Waals surface area (Å²) in [6.45, 7) is 5.80. The first-order valence-corrected chi connectivity index (χ1v) is 6.60. The van der Waals surface area contributed by atoms with Gasteiger partial charge in [0.05, 0.1) is 20.3 Å². The van der Waals surface area contributed by atoms with Crippen molar-refractivity contribution in [3.8, 4) is 5.75 Å². The van der Waals surface area contributed by atoms with E-state index in [9.17, 15) is 0 Å². The summed E-state index contributed by atoms with van der Waals surface area (Å²) < 4.78 is 11.0. The molecule has 2 nitrogen and oxygen atoms in total. The van der Waals surface area contributed by atoms with Crippen LogP contribution in [0.15, 0.2) is 12.1 Å². The molecule has 94 valence electrons. The Kier molecular flexibility index (Phi) is 3.69. The van der Waals surface area contributed by atoms with E-state index in [1.54, 1.807) is 7.11 Å². The third kappa shape index (κ3) is 2.18. The minimum Gasteiger partial charge on any atom is -0.496 e. The first-order valence-electron chi connectivity index (χ1n) is 5.97. The van der Waals surface area contributed by atoms with Crippen LogP contribution in [0.1, 0.15) is 23.1 Å². The maximum Gasteiger partial charge on any atom is 0.125 e. The van der Waals surface area contributed by atoms with E-state index in [0.29, 0.717) is 0 Å². The molecule has 1 heterocycles. The molecule has 1 aliphatic rings. The fourth-order valence-corrected chi connectivity index (χ4v) is 3.04. The summed E-state index contributed by atoms with van der Waals surface area (Å²) in [5.41, 5.74) is 3.89. The van der Waals surface area contributed by atoms with Gasteiger partial charge in [0.1, 0.15) is 5.75 Å². The van der Waals surface area contributed by atoms with Gasteiger partial charge in [-0.3, -0.25) is 0 Å². The quantitative estimate of drug-likeness (QED) is 0.831. The summed E-state index contributed by atoms with van der Waals surface area (Å²) in [4.78, 5) is 0. The molecule has 0 unspecified atom stereocenters. The van der Waals surface area contributed by atoms with Crippen LogP contribution in [0, 0.1) is 13.8 Å². The van der Waals surface area contributed by atoms with Crippen molar-refractivity contribution in [2.75, 3.05) is 26.1 Å². The predicted molar refractivity (Wildman–Crippen MR) is 73.4 cm³/mol. The van der Waals surface area contributed by atoms with Crippen LogP contribution < -0.4 is 4.74 Å². The van der Waals surface area contributed by atoms with Crippen LogP contribution in [0.3, 0.4) is 0 Å². The number of hydrogen-bond donors (Lipinski definition) is 1. The van der Waals surface area contributed by atoms with Gasteiger partial charge in [-0.25, -0.2) is 0 Å². The second kappa shape index (κ2) is 4.91. The Morgan fingerprint density at radius 3 is 2.53 bits per heavy atom. The van der Waals surface area contributed by atoms with Crippen LogP contribution in [0.5, 0.6) is 5.75 Å². The second-order valence-corrected chi connectivity index (χ2v) is 5.36. The molecule has 0 bridgehead atoms. The Hall–Kier alpha value is -0.670. The van der Waals surface area contributed by atoms with Gasteiger partial charge in [0.15, 0.2) is 0 Å². The molecule has 0 radical (unpaired) electrons. The SMILES string of the molecule is COc1c(C)cc(C)cc1C1(CCS)COC1. The van der Waals surface area contributed by atoms with Crippen molar-refractivity contribution < 1.29 is 9.47 Å². The Bertz CT molecular complexity index is 411. The Balaban J connectivity index is 2.49. The highest BCUT2D eigenvalue weighted by Crippen LogP contribution is 2.42. The molecule has 0 atom stereocenters. The van der Waals surface area contributed by atoms with E-state index in [-0.39, 0.29) is 5.41 Å². The monoisotopic (exact) mass is 252 g/mol. The summed E-state index contributed by atoms with van der Waals surface area (Å²) >= 11 is 4.37. The molecule has 0 amide bonds. The van der Waals surface area contributed by atoms with Gasteiger partial charge in [0.25, 0.3) is 0 Å². The highest BCUT2D eigenvalue weighted by molar-refractivity contribution is 7.80. The van der Waals surface area contributed by atoms with Gasteiger partial charge in [0.2, 0.25) is 0 Å². The summed E-state index contributed by atoms with van der Waals surface area (Å²) in [7, 11) is 1.75. The number of ether oxygens (including phenoxy) is 2. The van der Waals surface area contributed by atoms with Crippen molar-refractivity contribution in [1.29, 1.82) is 0 Å². The molecule has 0 aromatic heterocycles. The zero-order valence-corrected chi connectivity index (χ0v) is 11.6. The number of hydrogen-bond acceptors (Lipinski definition) is 3. The Morgan fingerprint density at radius 2 is 2.06 bits per heavy atom. The summed E-state index contributed by atoms with van der Waals surface area (Å²) in [6, 6.07) is 4.40. The molecular weight excluding hydrogens is 232 g/mol. The van der Waals surface area contributed by atoms with E-state index in [1.807, 2.05) is 0 Å². The largest absolute Gasteiger partial charge is 0.496 e. The zero-order chi connectivity index (χ0) is 12.5. The molecule has 1 aromatic rings. The number of rotatable bonds is 4. The van der Waals surface area contributed by atoms with Crippen molar-refractivity contribution in [1.82, 2.24) is 0 Å². The fourth-order valence-electron chi connectivity index (χ4n) is 2.62. The predicted octanol–water partition coefficient (Wildman–Crippen LogP) is 2.90. The van der Waals surface area contributed by atoms with Gasteiger partial charge in [-0.1, -0.05) is 17.7 Å². The lowest BCUT2D eigenvalue weighted by Gasteiger charge is -2.43.